The van der Waals surface area contributed by atoms with Gasteiger partial charge in [0.25, 0.3) is 5.91 Å². The zero-order valence-electron chi connectivity index (χ0n) is 12.8. The van der Waals surface area contributed by atoms with E-state index in [4.69, 9.17) is 27.9 Å². The Bertz CT molecular complexity index is 760. The molecular formula is C18H15Cl2NO3. The van der Waals surface area contributed by atoms with Crippen molar-refractivity contribution in [2.24, 2.45) is 0 Å². The van der Waals surface area contributed by atoms with E-state index in [0.717, 1.165) is 5.56 Å². The molecule has 0 aliphatic heterocycles. The Morgan fingerprint density at radius 3 is 2.50 bits per heavy atom. The first kappa shape index (κ1) is 18.0. The first-order chi connectivity index (χ1) is 11.5. The molecule has 2 aromatic carbocycles. The number of ether oxygens (including phenoxy) is 1. The number of hydrogen-bond acceptors (Lipinski definition) is 3. The largest absolute Gasteiger partial charge is 0.449 e. The minimum Gasteiger partial charge on any atom is -0.449 e. The van der Waals surface area contributed by atoms with Crippen LogP contribution < -0.4 is 5.32 Å². The number of nitrogens with one attached hydrogen (secondary N) is 1. The fourth-order valence-electron chi connectivity index (χ4n) is 1.82. The maximum absolute atomic E-state index is 12.1. The summed E-state index contributed by atoms with van der Waals surface area (Å²) in [5, 5.41) is 3.35. The smallest absolute Gasteiger partial charge is 0.331 e. The zero-order chi connectivity index (χ0) is 17.5. The number of esters is 1. The van der Waals surface area contributed by atoms with E-state index >= 15 is 0 Å². The molecule has 0 bridgehead atoms. The van der Waals surface area contributed by atoms with Crippen LogP contribution in [0.5, 0.6) is 0 Å². The molecule has 0 fully saturated rings. The van der Waals surface area contributed by atoms with E-state index in [1.165, 1.54) is 19.1 Å². The van der Waals surface area contributed by atoms with Crippen molar-refractivity contribution in [2.45, 2.75) is 13.0 Å². The zero-order valence-corrected chi connectivity index (χ0v) is 14.3. The standard InChI is InChI=1S/C18H15Cl2NO3/c1-12(18(23)21-16-9-8-14(19)11-15(16)20)24-17(22)10-7-13-5-3-2-4-6-13/h2-12H,1H3,(H,21,23)/b10-7+/t12-/m1/s1. The highest BCUT2D eigenvalue weighted by Crippen LogP contribution is 2.25. The second kappa shape index (κ2) is 8.52. The third kappa shape index (κ3) is 5.41. The fraction of sp³-hybridized carbons (Fsp3) is 0.111. The predicted octanol–water partition coefficient (Wildman–Crippen LogP) is 4.58. The van der Waals surface area contributed by atoms with Crippen molar-refractivity contribution in [2.75, 3.05) is 5.32 Å². The molecule has 6 heteroatoms. The molecule has 0 unspecified atom stereocenters. The van der Waals surface area contributed by atoms with Crippen molar-refractivity contribution in [1.82, 2.24) is 0 Å². The van der Waals surface area contributed by atoms with Crippen LogP contribution in [0.15, 0.2) is 54.6 Å². The van der Waals surface area contributed by atoms with Crippen molar-refractivity contribution in [3.05, 3.63) is 70.2 Å². The van der Waals surface area contributed by atoms with Crippen molar-refractivity contribution in [3.63, 3.8) is 0 Å². The molecule has 0 saturated heterocycles. The molecule has 4 nitrogen and oxygen atoms in total. The Balaban J connectivity index is 1.91. The summed E-state index contributed by atoms with van der Waals surface area (Å²) in [4.78, 5) is 23.8. The Morgan fingerprint density at radius 1 is 1.12 bits per heavy atom. The minimum atomic E-state index is -0.968. The van der Waals surface area contributed by atoms with Crippen LogP contribution in [-0.4, -0.2) is 18.0 Å². The quantitative estimate of drug-likeness (QED) is 0.624. The van der Waals surface area contributed by atoms with Gasteiger partial charge < -0.3 is 10.1 Å². The maximum atomic E-state index is 12.1. The van der Waals surface area contributed by atoms with Gasteiger partial charge in [0.2, 0.25) is 0 Å². The molecule has 0 radical (unpaired) electrons. The molecule has 0 saturated carbocycles. The Labute approximate surface area is 150 Å². The molecule has 0 spiro atoms. The van der Waals surface area contributed by atoms with Crippen LogP contribution in [0.1, 0.15) is 12.5 Å². The van der Waals surface area contributed by atoms with Crippen LogP contribution in [-0.2, 0) is 14.3 Å². The third-order valence-corrected chi connectivity index (χ3v) is 3.61. The van der Waals surface area contributed by atoms with Crippen molar-refractivity contribution in [1.29, 1.82) is 0 Å². The first-order valence-electron chi connectivity index (χ1n) is 7.15. The first-order valence-corrected chi connectivity index (χ1v) is 7.91. The number of anilines is 1. The van der Waals surface area contributed by atoms with Crippen molar-refractivity contribution in [3.8, 4) is 0 Å². The fourth-order valence-corrected chi connectivity index (χ4v) is 2.28. The van der Waals surface area contributed by atoms with E-state index in [-0.39, 0.29) is 0 Å². The van der Waals surface area contributed by atoms with Gasteiger partial charge >= 0.3 is 5.97 Å². The molecule has 0 heterocycles. The summed E-state index contributed by atoms with van der Waals surface area (Å²) in [7, 11) is 0. The number of halogens is 2. The van der Waals surface area contributed by atoms with Crippen LogP contribution in [0, 0.1) is 0 Å². The van der Waals surface area contributed by atoms with Crippen LogP contribution in [0.3, 0.4) is 0 Å². The minimum absolute atomic E-state index is 0.304. The third-order valence-electron chi connectivity index (χ3n) is 3.06. The molecule has 2 rings (SSSR count). The lowest BCUT2D eigenvalue weighted by molar-refractivity contribution is -0.148. The topological polar surface area (TPSA) is 55.4 Å². The van der Waals surface area contributed by atoms with Crippen molar-refractivity contribution >= 4 is 46.8 Å². The lowest BCUT2D eigenvalue weighted by Crippen LogP contribution is -2.29. The number of rotatable bonds is 5. The van der Waals surface area contributed by atoms with E-state index in [1.807, 2.05) is 30.3 Å². The van der Waals surface area contributed by atoms with E-state index in [0.29, 0.717) is 15.7 Å². The summed E-state index contributed by atoms with van der Waals surface area (Å²) >= 11 is 11.8. The van der Waals surface area contributed by atoms with Gasteiger partial charge in [-0.3, -0.25) is 4.79 Å². The summed E-state index contributed by atoms with van der Waals surface area (Å²) in [6.07, 6.45) is 1.92. The summed E-state index contributed by atoms with van der Waals surface area (Å²) in [5.74, 6) is -1.09. The second-order valence-electron chi connectivity index (χ2n) is 4.94. The molecule has 0 aliphatic rings. The van der Waals surface area contributed by atoms with Gasteiger partial charge in [0.05, 0.1) is 10.7 Å². The van der Waals surface area contributed by atoms with Gasteiger partial charge in [0.15, 0.2) is 6.10 Å². The lowest BCUT2D eigenvalue weighted by atomic mass is 10.2. The molecule has 1 atom stereocenters. The van der Waals surface area contributed by atoms with E-state index in [2.05, 4.69) is 5.32 Å². The van der Waals surface area contributed by atoms with Gasteiger partial charge in [-0.25, -0.2) is 4.79 Å². The molecule has 24 heavy (non-hydrogen) atoms. The second-order valence-corrected chi connectivity index (χ2v) is 5.78. The van der Waals surface area contributed by atoms with E-state index in [9.17, 15) is 9.59 Å². The van der Waals surface area contributed by atoms with Gasteiger partial charge in [-0.05, 0) is 36.8 Å². The van der Waals surface area contributed by atoms with Crippen LogP contribution >= 0.6 is 23.2 Å². The van der Waals surface area contributed by atoms with Gasteiger partial charge in [0.1, 0.15) is 0 Å². The monoisotopic (exact) mass is 363 g/mol. The molecular weight excluding hydrogens is 349 g/mol. The normalized spacial score (nSPS) is 12.0. The average molecular weight is 364 g/mol. The lowest BCUT2D eigenvalue weighted by Gasteiger charge is -2.13. The number of amides is 1. The number of carbonyl (C=O) groups is 2. The molecule has 0 aromatic heterocycles. The Hall–Kier alpha value is -2.30. The van der Waals surface area contributed by atoms with Gasteiger partial charge in [-0.2, -0.15) is 0 Å². The molecule has 1 amide bonds. The number of benzene rings is 2. The summed E-state index contributed by atoms with van der Waals surface area (Å²) in [5.41, 5.74) is 1.26. The molecule has 1 N–H and O–H groups in total. The molecule has 124 valence electrons. The van der Waals surface area contributed by atoms with Gasteiger partial charge in [-0.15, -0.1) is 0 Å². The molecule has 0 aliphatic carbocycles. The van der Waals surface area contributed by atoms with E-state index in [1.54, 1.807) is 18.2 Å². The van der Waals surface area contributed by atoms with Crippen LogP contribution in [0.2, 0.25) is 10.0 Å². The number of hydrogen-bond donors (Lipinski definition) is 1. The summed E-state index contributed by atoms with van der Waals surface area (Å²) in [6.45, 7) is 1.48. The average Bonchev–Trinajstić information content (AvgIpc) is 2.56. The molecule has 2 aromatic rings. The highest BCUT2D eigenvalue weighted by atomic mass is 35.5. The van der Waals surface area contributed by atoms with Crippen LogP contribution in [0.25, 0.3) is 6.08 Å². The Kier molecular flexibility index (Phi) is 6.41. The Morgan fingerprint density at radius 2 is 1.83 bits per heavy atom. The highest BCUT2D eigenvalue weighted by molar-refractivity contribution is 6.36. The number of carbonyl (C=O) groups excluding carboxylic acids is 2. The maximum Gasteiger partial charge on any atom is 0.331 e. The van der Waals surface area contributed by atoms with Crippen LogP contribution in [0.4, 0.5) is 5.69 Å². The van der Waals surface area contributed by atoms with Crippen molar-refractivity contribution < 1.29 is 14.3 Å². The predicted molar refractivity (Wildman–Crippen MR) is 96.1 cm³/mol. The van der Waals surface area contributed by atoms with Gasteiger partial charge in [0, 0.05) is 11.1 Å². The summed E-state index contributed by atoms with van der Waals surface area (Å²) in [6, 6.07) is 14.0. The van der Waals surface area contributed by atoms with E-state index < -0.39 is 18.0 Å². The summed E-state index contributed by atoms with van der Waals surface area (Å²) < 4.78 is 5.06. The SMILES string of the molecule is C[C@@H](OC(=O)/C=C/c1ccccc1)C(=O)Nc1ccc(Cl)cc1Cl. The van der Waals surface area contributed by atoms with Gasteiger partial charge in [-0.1, -0.05) is 53.5 Å². The highest BCUT2D eigenvalue weighted by Gasteiger charge is 2.17.